The van der Waals surface area contributed by atoms with Gasteiger partial charge < -0.3 is 14.8 Å². The van der Waals surface area contributed by atoms with E-state index in [1.807, 2.05) is 30.5 Å². The Balaban J connectivity index is 1.66. The van der Waals surface area contributed by atoms with Gasteiger partial charge >= 0.3 is 5.97 Å². The van der Waals surface area contributed by atoms with Crippen LogP contribution in [0.4, 0.5) is 0 Å². The van der Waals surface area contributed by atoms with Crippen molar-refractivity contribution in [2.75, 3.05) is 13.4 Å². The number of ether oxygens (including phenoxy) is 2. The number of thioether (sulfide) groups is 1. The number of amides is 1. The van der Waals surface area contributed by atoms with Crippen molar-refractivity contribution in [3.05, 3.63) is 59.2 Å². The molecule has 1 amide bonds. The molecule has 1 aliphatic carbocycles. The lowest BCUT2D eigenvalue weighted by molar-refractivity contribution is -0.130. The normalized spacial score (nSPS) is 16.6. The molecule has 28 heavy (non-hydrogen) atoms. The number of hydrogen-bond donors (Lipinski definition) is 1. The maximum absolute atomic E-state index is 12.6. The molecule has 0 saturated heterocycles. The minimum Gasteiger partial charge on any atom is -0.496 e. The number of methoxy groups -OCH3 is 1. The highest BCUT2D eigenvalue weighted by Gasteiger charge is 2.26. The number of fused-ring (bicyclic) bond motifs is 1. The van der Waals surface area contributed by atoms with Gasteiger partial charge in [-0.2, -0.15) is 0 Å². The summed E-state index contributed by atoms with van der Waals surface area (Å²) in [6.45, 7) is 1.59. The Hall–Kier alpha value is -2.47. The van der Waals surface area contributed by atoms with Crippen molar-refractivity contribution in [2.45, 2.75) is 43.2 Å². The molecule has 0 bridgehead atoms. The first-order valence-corrected chi connectivity index (χ1v) is 10.6. The first-order chi connectivity index (χ1) is 13.5. The van der Waals surface area contributed by atoms with Crippen molar-refractivity contribution in [1.29, 1.82) is 0 Å². The summed E-state index contributed by atoms with van der Waals surface area (Å²) in [7, 11) is 1.51. The zero-order valence-corrected chi connectivity index (χ0v) is 17.2. The zero-order chi connectivity index (χ0) is 20.1. The highest BCUT2D eigenvalue weighted by molar-refractivity contribution is 7.98. The van der Waals surface area contributed by atoms with E-state index in [9.17, 15) is 9.59 Å². The van der Waals surface area contributed by atoms with Crippen LogP contribution in [-0.4, -0.2) is 31.3 Å². The monoisotopic (exact) mass is 399 g/mol. The van der Waals surface area contributed by atoms with E-state index in [0.717, 1.165) is 29.7 Å². The lowest BCUT2D eigenvalue weighted by Gasteiger charge is -2.27. The van der Waals surface area contributed by atoms with Crippen LogP contribution in [0.3, 0.4) is 0 Å². The molecule has 0 heterocycles. The van der Waals surface area contributed by atoms with E-state index in [-0.39, 0.29) is 11.9 Å². The van der Waals surface area contributed by atoms with Crippen LogP contribution in [0, 0.1) is 0 Å². The molecule has 5 nitrogen and oxygen atoms in total. The molecule has 2 aromatic carbocycles. The van der Waals surface area contributed by atoms with E-state index in [1.54, 1.807) is 30.8 Å². The number of hydrogen-bond acceptors (Lipinski definition) is 5. The average molecular weight is 400 g/mol. The number of nitrogens with one attached hydrogen (secondary N) is 1. The van der Waals surface area contributed by atoms with Crippen LogP contribution in [0.2, 0.25) is 0 Å². The predicted molar refractivity (Wildman–Crippen MR) is 110 cm³/mol. The minimum absolute atomic E-state index is 0.0472. The van der Waals surface area contributed by atoms with Crippen molar-refractivity contribution in [2.24, 2.45) is 0 Å². The van der Waals surface area contributed by atoms with E-state index < -0.39 is 12.1 Å². The molecule has 1 N–H and O–H groups in total. The minimum atomic E-state index is -0.897. The van der Waals surface area contributed by atoms with Gasteiger partial charge in [-0.25, -0.2) is 4.79 Å². The van der Waals surface area contributed by atoms with Crippen molar-refractivity contribution in [3.63, 3.8) is 0 Å². The number of carbonyl (C=O) groups is 2. The van der Waals surface area contributed by atoms with Crippen LogP contribution in [0.1, 0.15) is 47.3 Å². The van der Waals surface area contributed by atoms with Crippen LogP contribution in [0.15, 0.2) is 47.4 Å². The van der Waals surface area contributed by atoms with Crippen molar-refractivity contribution in [1.82, 2.24) is 5.32 Å². The maximum atomic E-state index is 12.6. The summed E-state index contributed by atoms with van der Waals surface area (Å²) >= 11 is 1.56. The van der Waals surface area contributed by atoms with Crippen LogP contribution in [0.5, 0.6) is 5.75 Å². The van der Waals surface area contributed by atoms with Gasteiger partial charge in [-0.1, -0.05) is 24.3 Å². The topological polar surface area (TPSA) is 64.6 Å². The molecule has 0 fully saturated rings. The van der Waals surface area contributed by atoms with Gasteiger partial charge in [0.25, 0.3) is 5.91 Å². The summed E-state index contributed by atoms with van der Waals surface area (Å²) in [5.41, 5.74) is 2.72. The fourth-order valence-electron chi connectivity index (χ4n) is 3.44. The van der Waals surface area contributed by atoms with Gasteiger partial charge in [-0.15, -0.1) is 11.8 Å². The fraction of sp³-hybridized carbons (Fsp3) is 0.364. The molecular weight excluding hydrogens is 374 g/mol. The van der Waals surface area contributed by atoms with E-state index in [0.29, 0.717) is 11.3 Å². The lowest BCUT2D eigenvalue weighted by atomic mass is 9.87. The Labute approximate surface area is 169 Å². The molecule has 1 aliphatic rings. The quantitative estimate of drug-likeness (QED) is 0.584. The molecule has 3 rings (SSSR count). The van der Waals surface area contributed by atoms with Gasteiger partial charge in [-0.05, 0) is 61.8 Å². The Morgan fingerprint density at radius 2 is 2.00 bits per heavy atom. The van der Waals surface area contributed by atoms with Crippen LogP contribution in [0.25, 0.3) is 0 Å². The molecule has 2 atom stereocenters. The Bertz CT molecular complexity index is 867. The lowest BCUT2D eigenvalue weighted by Crippen LogP contribution is -2.39. The third kappa shape index (κ3) is 4.50. The van der Waals surface area contributed by atoms with Crippen LogP contribution < -0.4 is 10.1 Å². The molecule has 0 spiro atoms. The fourth-order valence-corrected chi connectivity index (χ4v) is 3.87. The number of aryl methyl sites for hydroxylation is 1. The molecule has 0 radical (unpaired) electrons. The van der Waals surface area contributed by atoms with Gasteiger partial charge in [0.2, 0.25) is 0 Å². The number of esters is 1. The van der Waals surface area contributed by atoms with Gasteiger partial charge in [-0.3, -0.25) is 4.79 Å². The van der Waals surface area contributed by atoms with Crippen LogP contribution >= 0.6 is 11.8 Å². The maximum Gasteiger partial charge on any atom is 0.342 e. The van der Waals surface area contributed by atoms with Gasteiger partial charge in [0, 0.05) is 4.90 Å². The second kappa shape index (κ2) is 9.15. The standard InChI is InChI=1S/C22H25NO4S/c1-14(27-22(25)18-12-11-16(28-3)13-20(18)26-2)21(24)23-19-10-6-8-15-7-4-5-9-17(15)19/h4-5,7,9,11-14,19H,6,8,10H2,1-3H3,(H,23,24)/t14-,19+/m0/s1. The van der Waals surface area contributed by atoms with Gasteiger partial charge in [0.1, 0.15) is 11.3 Å². The largest absolute Gasteiger partial charge is 0.496 e. The summed E-state index contributed by atoms with van der Waals surface area (Å²) in [6, 6.07) is 13.4. The SMILES string of the molecule is COc1cc(SC)ccc1C(=O)O[C@@H](C)C(=O)N[C@@H]1CCCc2ccccc21. The third-order valence-electron chi connectivity index (χ3n) is 4.97. The predicted octanol–water partition coefficient (Wildman–Crippen LogP) is 4.16. The van der Waals surface area contributed by atoms with Gasteiger partial charge in [0.15, 0.2) is 6.10 Å². The molecule has 6 heteroatoms. The Morgan fingerprint density at radius 1 is 1.21 bits per heavy atom. The number of rotatable bonds is 6. The Kier molecular flexibility index (Phi) is 6.62. The molecule has 0 saturated carbocycles. The summed E-state index contributed by atoms with van der Waals surface area (Å²) in [5.74, 6) is -0.434. The van der Waals surface area contributed by atoms with Crippen LogP contribution in [-0.2, 0) is 16.0 Å². The summed E-state index contributed by atoms with van der Waals surface area (Å²) in [4.78, 5) is 26.1. The number of benzene rings is 2. The molecule has 2 aromatic rings. The van der Waals surface area contributed by atoms with E-state index in [4.69, 9.17) is 9.47 Å². The summed E-state index contributed by atoms with van der Waals surface area (Å²) in [5, 5.41) is 3.03. The molecule has 0 aromatic heterocycles. The summed E-state index contributed by atoms with van der Waals surface area (Å²) in [6.07, 6.45) is 3.98. The molecule has 148 valence electrons. The van der Waals surface area contributed by atoms with E-state index in [2.05, 4.69) is 11.4 Å². The van der Waals surface area contributed by atoms with E-state index >= 15 is 0 Å². The molecular formula is C22H25NO4S. The first-order valence-electron chi connectivity index (χ1n) is 9.34. The van der Waals surface area contributed by atoms with Gasteiger partial charge in [0.05, 0.1) is 13.2 Å². The average Bonchev–Trinajstić information content (AvgIpc) is 2.73. The highest BCUT2D eigenvalue weighted by atomic mass is 32.2. The second-order valence-electron chi connectivity index (χ2n) is 6.77. The Morgan fingerprint density at radius 3 is 2.75 bits per heavy atom. The van der Waals surface area contributed by atoms with Crippen molar-refractivity contribution >= 4 is 23.6 Å². The second-order valence-corrected chi connectivity index (χ2v) is 7.65. The van der Waals surface area contributed by atoms with E-state index in [1.165, 1.54) is 12.7 Å². The first kappa shape index (κ1) is 20.3. The van der Waals surface area contributed by atoms with Crippen molar-refractivity contribution < 1.29 is 19.1 Å². The highest BCUT2D eigenvalue weighted by Crippen LogP contribution is 2.30. The zero-order valence-electron chi connectivity index (χ0n) is 16.4. The number of carbonyl (C=O) groups excluding carboxylic acids is 2. The van der Waals surface area contributed by atoms with Crippen molar-refractivity contribution in [3.8, 4) is 5.75 Å². The summed E-state index contributed by atoms with van der Waals surface area (Å²) < 4.78 is 10.7. The molecule has 0 aliphatic heterocycles. The third-order valence-corrected chi connectivity index (χ3v) is 5.69. The molecule has 0 unspecified atom stereocenters. The smallest absolute Gasteiger partial charge is 0.342 e.